The number of hydrogen-bond donors (Lipinski definition) is 2. The number of imidazole rings is 1. The van der Waals surface area contributed by atoms with Crippen molar-refractivity contribution in [3.63, 3.8) is 0 Å². The molecule has 0 aliphatic heterocycles. The van der Waals surface area contributed by atoms with Gasteiger partial charge in [0, 0.05) is 12.5 Å². The molecule has 0 saturated carbocycles. The number of carbonyl (C=O) groups excluding carboxylic acids is 2. The molecular weight excluding hydrogens is 456 g/mol. The summed E-state index contributed by atoms with van der Waals surface area (Å²) >= 11 is 0. The molecule has 0 spiro atoms. The van der Waals surface area contributed by atoms with Gasteiger partial charge in [0.1, 0.15) is 5.69 Å². The number of aromatic nitrogens is 2. The van der Waals surface area contributed by atoms with E-state index in [4.69, 9.17) is 10.5 Å². The van der Waals surface area contributed by atoms with Crippen LogP contribution in [0.3, 0.4) is 0 Å². The van der Waals surface area contributed by atoms with Gasteiger partial charge in [0.15, 0.2) is 0 Å². The zero-order valence-electron chi connectivity index (χ0n) is 19.4. The Hall–Kier alpha value is -3.66. The van der Waals surface area contributed by atoms with Crippen LogP contribution in [0.5, 0.6) is 6.01 Å². The molecule has 0 bridgehead atoms. The number of rotatable bonds is 10. The molecule has 0 unspecified atom stereocenters. The zero-order valence-corrected chi connectivity index (χ0v) is 20.2. The van der Waals surface area contributed by atoms with Crippen LogP contribution in [-0.2, 0) is 27.8 Å². The van der Waals surface area contributed by atoms with Gasteiger partial charge in [-0.1, -0.05) is 56.3 Å². The fraction of sp³-hybridized carbons (Fsp3) is 0.292. The minimum absolute atomic E-state index is 0.00594. The van der Waals surface area contributed by atoms with E-state index >= 15 is 0 Å². The van der Waals surface area contributed by atoms with Gasteiger partial charge in [0.05, 0.1) is 23.7 Å². The maximum absolute atomic E-state index is 12.6. The first-order valence-corrected chi connectivity index (χ1v) is 12.4. The van der Waals surface area contributed by atoms with Crippen molar-refractivity contribution in [2.24, 2.45) is 5.73 Å². The average molecular weight is 485 g/mol. The quantitative estimate of drug-likeness (QED) is 0.455. The molecule has 3 N–H and O–H groups in total. The van der Waals surface area contributed by atoms with Crippen molar-refractivity contribution in [3.05, 3.63) is 65.5 Å². The Morgan fingerprint density at radius 3 is 2.35 bits per heavy atom. The van der Waals surface area contributed by atoms with Crippen LogP contribution in [0.25, 0.3) is 11.1 Å². The van der Waals surface area contributed by atoms with Crippen LogP contribution < -0.4 is 15.2 Å². The minimum atomic E-state index is -4.01. The lowest BCUT2D eigenvalue weighted by atomic mass is 10.0. The zero-order chi connectivity index (χ0) is 24.9. The van der Waals surface area contributed by atoms with E-state index in [1.54, 1.807) is 34.9 Å². The average Bonchev–Trinajstić information content (AvgIpc) is 3.14. The number of amides is 2. The van der Waals surface area contributed by atoms with Crippen molar-refractivity contribution in [3.8, 4) is 17.1 Å². The Morgan fingerprint density at radius 1 is 1.09 bits per heavy atom. The second-order valence-electron chi connectivity index (χ2n) is 7.70. The molecule has 0 aliphatic rings. The summed E-state index contributed by atoms with van der Waals surface area (Å²) in [4.78, 5) is 28.0. The van der Waals surface area contributed by atoms with Crippen LogP contribution in [0.2, 0.25) is 0 Å². The van der Waals surface area contributed by atoms with Crippen molar-refractivity contribution in [1.82, 2.24) is 14.3 Å². The SMILES string of the molecule is CCCOc1nc(CC)c(C(N)=O)n1Cc1ccc(-c2ccccc2S(=O)(=O)NC(C)=O)cc1. The third-order valence-electron chi connectivity index (χ3n) is 5.07. The van der Waals surface area contributed by atoms with Gasteiger partial charge >= 0.3 is 0 Å². The van der Waals surface area contributed by atoms with E-state index in [1.165, 1.54) is 6.07 Å². The lowest BCUT2D eigenvalue weighted by Gasteiger charge is -2.13. The molecule has 1 heterocycles. The number of sulfonamides is 1. The molecule has 9 nitrogen and oxygen atoms in total. The van der Waals surface area contributed by atoms with Crippen LogP contribution in [0.1, 0.15) is 48.9 Å². The summed E-state index contributed by atoms with van der Waals surface area (Å²) in [6.07, 6.45) is 1.32. The van der Waals surface area contributed by atoms with E-state index in [9.17, 15) is 18.0 Å². The first-order valence-electron chi connectivity index (χ1n) is 10.9. The van der Waals surface area contributed by atoms with Gasteiger partial charge in [-0.25, -0.2) is 13.1 Å². The van der Waals surface area contributed by atoms with Crippen molar-refractivity contribution < 1.29 is 22.7 Å². The molecule has 2 amide bonds. The number of nitrogens with zero attached hydrogens (tertiary/aromatic N) is 2. The topological polar surface area (TPSA) is 133 Å². The second-order valence-corrected chi connectivity index (χ2v) is 9.35. The highest BCUT2D eigenvalue weighted by Crippen LogP contribution is 2.28. The van der Waals surface area contributed by atoms with Gasteiger partial charge in [-0.3, -0.25) is 14.2 Å². The molecule has 0 radical (unpaired) electrons. The summed E-state index contributed by atoms with van der Waals surface area (Å²) in [5.41, 5.74) is 8.48. The normalized spacial score (nSPS) is 11.3. The smallest absolute Gasteiger partial charge is 0.297 e. The van der Waals surface area contributed by atoms with Crippen molar-refractivity contribution in [2.45, 2.75) is 45.1 Å². The van der Waals surface area contributed by atoms with Crippen LogP contribution in [0.15, 0.2) is 53.4 Å². The highest BCUT2D eigenvalue weighted by molar-refractivity contribution is 7.90. The number of carbonyl (C=O) groups is 2. The fourth-order valence-corrected chi connectivity index (χ4v) is 4.83. The predicted molar refractivity (Wildman–Crippen MR) is 128 cm³/mol. The van der Waals surface area contributed by atoms with Crippen LogP contribution >= 0.6 is 0 Å². The first-order chi connectivity index (χ1) is 16.2. The molecular formula is C24H28N4O5S. The molecule has 10 heteroatoms. The fourth-order valence-electron chi connectivity index (χ4n) is 3.61. The Morgan fingerprint density at radius 2 is 1.76 bits per heavy atom. The number of aryl methyl sites for hydroxylation is 1. The largest absolute Gasteiger partial charge is 0.465 e. The molecule has 3 rings (SSSR count). The molecule has 180 valence electrons. The third kappa shape index (κ3) is 5.45. The van der Waals surface area contributed by atoms with Gasteiger partial charge < -0.3 is 10.5 Å². The van der Waals surface area contributed by atoms with Gasteiger partial charge in [-0.05, 0) is 30.0 Å². The van der Waals surface area contributed by atoms with Gasteiger partial charge in [0.25, 0.3) is 21.9 Å². The van der Waals surface area contributed by atoms with Gasteiger partial charge in [-0.15, -0.1) is 0 Å². The maximum Gasteiger partial charge on any atom is 0.297 e. The molecule has 3 aromatic rings. The molecule has 1 aromatic heterocycles. The number of primary amides is 1. The second kappa shape index (κ2) is 10.5. The van der Waals surface area contributed by atoms with E-state index in [0.717, 1.165) is 18.9 Å². The summed E-state index contributed by atoms with van der Waals surface area (Å²) in [6.45, 7) is 5.77. The maximum atomic E-state index is 12.6. The summed E-state index contributed by atoms with van der Waals surface area (Å²) < 4.78 is 34.6. The highest BCUT2D eigenvalue weighted by atomic mass is 32.2. The van der Waals surface area contributed by atoms with E-state index in [1.807, 2.05) is 30.7 Å². The van der Waals surface area contributed by atoms with Crippen molar-refractivity contribution >= 4 is 21.8 Å². The number of nitrogens with one attached hydrogen (secondary N) is 1. The summed E-state index contributed by atoms with van der Waals surface area (Å²) in [6, 6.07) is 14.0. The Kier molecular flexibility index (Phi) is 7.72. The molecule has 0 saturated heterocycles. The molecule has 34 heavy (non-hydrogen) atoms. The number of nitrogens with two attached hydrogens (primary N) is 1. The number of benzene rings is 2. The molecule has 0 fully saturated rings. The number of hydrogen-bond acceptors (Lipinski definition) is 6. The van der Waals surface area contributed by atoms with E-state index in [2.05, 4.69) is 4.98 Å². The summed E-state index contributed by atoms with van der Waals surface area (Å²) in [5, 5.41) is 0. The predicted octanol–water partition coefficient (Wildman–Crippen LogP) is 2.87. The Labute approximate surface area is 199 Å². The molecule has 2 aromatic carbocycles. The standard InChI is InChI=1S/C24H28N4O5S/c1-4-14-33-24-26-20(5-2)22(23(25)30)28(24)15-17-10-12-18(13-11-17)19-8-6-7-9-21(19)34(31,32)27-16(3)29/h6-13H,4-5,14-15H2,1-3H3,(H2,25,30)(H,27,29). The van der Waals surface area contributed by atoms with Crippen molar-refractivity contribution in [1.29, 1.82) is 0 Å². The van der Waals surface area contributed by atoms with E-state index < -0.39 is 21.8 Å². The summed E-state index contributed by atoms with van der Waals surface area (Å²) in [7, 11) is -4.01. The van der Waals surface area contributed by atoms with Gasteiger partial charge in [-0.2, -0.15) is 4.98 Å². The van der Waals surface area contributed by atoms with Crippen molar-refractivity contribution in [2.75, 3.05) is 6.61 Å². The minimum Gasteiger partial charge on any atom is -0.465 e. The Bertz CT molecular complexity index is 1300. The summed E-state index contributed by atoms with van der Waals surface area (Å²) in [5.74, 6) is -1.24. The monoisotopic (exact) mass is 484 g/mol. The van der Waals surface area contributed by atoms with Crippen LogP contribution in [0, 0.1) is 0 Å². The van der Waals surface area contributed by atoms with E-state index in [-0.39, 0.29) is 4.90 Å². The molecule has 0 atom stereocenters. The Balaban J connectivity index is 1.97. The van der Waals surface area contributed by atoms with Gasteiger partial charge in [0.2, 0.25) is 5.91 Å². The van der Waals surface area contributed by atoms with E-state index in [0.29, 0.717) is 48.1 Å². The lowest BCUT2D eigenvalue weighted by Crippen LogP contribution is -2.28. The van der Waals surface area contributed by atoms with Crippen LogP contribution in [0.4, 0.5) is 0 Å². The lowest BCUT2D eigenvalue weighted by molar-refractivity contribution is -0.117. The first kappa shape index (κ1) is 25.0. The number of ether oxygens (including phenoxy) is 1. The molecule has 0 aliphatic carbocycles. The third-order valence-corrected chi connectivity index (χ3v) is 6.56. The van der Waals surface area contributed by atoms with Crippen LogP contribution in [-0.4, -0.2) is 36.4 Å². The highest BCUT2D eigenvalue weighted by Gasteiger charge is 2.22.